The number of amides is 2. The number of nitrogens with zero attached hydrogens (tertiary/aromatic N) is 2. The molecule has 2 aromatic carbocycles. The molecule has 0 aliphatic carbocycles. The summed E-state index contributed by atoms with van der Waals surface area (Å²) in [6, 6.07) is 15.6. The van der Waals surface area contributed by atoms with Gasteiger partial charge in [0, 0.05) is 31.1 Å². The number of benzene rings is 2. The van der Waals surface area contributed by atoms with Crippen LogP contribution in [-0.2, 0) is 26.2 Å². The van der Waals surface area contributed by atoms with E-state index in [0.29, 0.717) is 36.6 Å². The maximum absolute atomic E-state index is 13.4. The Balaban J connectivity index is 2.16. The van der Waals surface area contributed by atoms with Crippen LogP contribution in [0.15, 0.2) is 54.6 Å². The van der Waals surface area contributed by atoms with Crippen LogP contribution < -0.4 is 9.62 Å². The average molecular weight is 522 g/mol. The Morgan fingerprint density at radius 2 is 1.74 bits per heavy atom. The van der Waals surface area contributed by atoms with E-state index in [1.165, 1.54) is 4.31 Å². The first kappa shape index (κ1) is 28.7. The van der Waals surface area contributed by atoms with Crippen molar-refractivity contribution in [3.63, 3.8) is 0 Å². The van der Waals surface area contributed by atoms with Crippen LogP contribution in [0.2, 0.25) is 5.02 Å². The predicted molar refractivity (Wildman–Crippen MR) is 142 cm³/mol. The fourth-order valence-corrected chi connectivity index (χ4v) is 4.98. The normalized spacial score (nSPS) is 12.1. The van der Waals surface area contributed by atoms with Crippen molar-refractivity contribution in [3.05, 3.63) is 65.2 Å². The lowest BCUT2D eigenvalue weighted by atomic mass is 10.1. The van der Waals surface area contributed by atoms with Crippen LogP contribution in [0.4, 0.5) is 5.69 Å². The van der Waals surface area contributed by atoms with Gasteiger partial charge >= 0.3 is 0 Å². The van der Waals surface area contributed by atoms with Gasteiger partial charge in [-0.25, -0.2) is 8.42 Å². The minimum atomic E-state index is -3.56. The minimum absolute atomic E-state index is 0.109. The minimum Gasteiger partial charge on any atom is -0.354 e. The van der Waals surface area contributed by atoms with Crippen LogP contribution in [0.3, 0.4) is 0 Å². The van der Waals surface area contributed by atoms with Crippen molar-refractivity contribution in [2.24, 2.45) is 0 Å². The summed E-state index contributed by atoms with van der Waals surface area (Å²) in [4.78, 5) is 27.9. The van der Waals surface area contributed by atoms with Gasteiger partial charge < -0.3 is 10.2 Å². The van der Waals surface area contributed by atoms with Gasteiger partial charge in [0.15, 0.2) is 0 Å². The molecule has 0 saturated carbocycles. The van der Waals surface area contributed by atoms with E-state index in [4.69, 9.17) is 11.6 Å². The van der Waals surface area contributed by atoms with Gasteiger partial charge in [0.25, 0.3) is 0 Å². The smallest absolute Gasteiger partial charge is 0.242 e. The summed E-state index contributed by atoms with van der Waals surface area (Å²) in [5.74, 6) is -0.354. The Morgan fingerprint density at radius 3 is 2.34 bits per heavy atom. The molecule has 2 aromatic rings. The van der Waals surface area contributed by atoms with Crippen LogP contribution in [0.25, 0.3) is 0 Å². The third kappa shape index (κ3) is 9.18. The second kappa shape index (κ2) is 14.1. The highest BCUT2D eigenvalue weighted by atomic mass is 35.5. The summed E-state index contributed by atoms with van der Waals surface area (Å²) >= 11 is 6.05. The van der Waals surface area contributed by atoms with Gasteiger partial charge in [0.05, 0.1) is 11.9 Å². The van der Waals surface area contributed by atoms with E-state index in [9.17, 15) is 18.0 Å². The lowest BCUT2D eigenvalue weighted by molar-refractivity contribution is -0.141. The number of hydrogen-bond donors (Lipinski definition) is 1. The topological polar surface area (TPSA) is 86.8 Å². The molecule has 1 N–H and O–H groups in total. The predicted octanol–water partition coefficient (Wildman–Crippen LogP) is 4.61. The van der Waals surface area contributed by atoms with Crippen molar-refractivity contribution in [1.29, 1.82) is 0 Å². The number of unbranched alkanes of at least 4 members (excludes halogenated alkanes) is 1. The molecule has 0 radical (unpaired) electrons. The Morgan fingerprint density at radius 1 is 1.03 bits per heavy atom. The van der Waals surface area contributed by atoms with Gasteiger partial charge in [-0.1, -0.05) is 68.3 Å². The number of hydrogen-bond acceptors (Lipinski definition) is 4. The molecule has 192 valence electrons. The molecule has 0 aliphatic heterocycles. The quantitative estimate of drug-likeness (QED) is 0.368. The van der Waals surface area contributed by atoms with Crippen molar-refractivity contribution in [2.75, 3.05) is 23.7 Å². The van der Waals surface area contributed by atoms with Gasteiger partial charge in [-0.15, -0.1) is 0 Å². The van der Waals surface area contributed by atoms with Gasteiger partial charge in [-0.2, -0.15) is 0 Å². The molecular formula is C26H36ClN3O4S. The second-order valence-corrected chi connectivity index (χ2v) is 10.8. The van der Waals surface area contributed by atoms with Crippen molar-refractivity contribution in [2.45, 2.75) is 58.5 Å². The van der Waals surface area contributed by atoms with E-state index < -0.39 is 16.1 Å². The van der Waals surface area contributed by atoms with Crippen molar-refractivity contribution in [3.8, 4) is 0 Å². The average Bonchev–Trinajstić information content (AvgIpc) is 2.81. The fraction of sp³-hybridized carbons (Fsp3) is 0.462. The van der Waals surface area contributed by atoms with Gasteiger partial charge in [-0.3, -0.25) is 13.9 Å². The van der Waals surface area contributed by atoms with Gasteiger partial charge in [0.2, 0.25) is 21.8 Å². The molecule has 0 saturated heterocycles. The maximum atomic E-state index is 13.4. The number of carbonyl (C=O) groups is 2. The number of nitrogens with one attached hydrogen (secondary N) is 1. The van der Waals surface area contributed by atoms with E-state index in [1.807, 2.05) is 37.3 Å². The molecule has 1 atom stereocenters. The monoisotopic (exact) mass is 521 g/mol. The molecule has 0 spiro atoms. The molecule has 2 amide bonds. The first-order chi connectivity index (χ1) is 16.7. The van der Waals surface area contributed by atoms with E-state index >= 15 is 0 Å². The van der Waals surface area contributed by atoms with Crippen LogP contribution in [-0.4, -0.2) is 50.5 Å². The fourth-order valence-electron chi connectivity index (χ4n) is 3.84. The summed E-state index contributed by atoms with van der Waals surface area (Å²) in [5.41, 5.74) is 1.38. The third-order valence-electron chi connectivity index (χ3n) is 5.66. The molecule has 7 nitrogen and oxygen atoms in total. The van der Waals surface area contributed by atoms with Crippen LogP contribution in [0.5, 0.6) is 0 Å². The molecule has 0 heterocycles. The molecule has 2 rings (SSSR count). The summed E-state index contributed by atoms with van der Waals surface area (Å²) in [5, 5.41) is 3.38. The molecule has 0 unspecified atom stereocenters. The van der Waals surface area contributed by atoms with Crippen LogP contribution in [0, 0.1) is 0 Å². The van der Waals surface area contributed by atoms with E-state index in [0.717, 1.165) is 24.7 Å². The van der Waals surface area contributed by atoms with Gasteiger partial charge in [0.1, 0.15) is 6.04 Å². The number of carbonyl (C=O) groups excluding carboxylic acids is 2. The molecular weight excluding hydrogens is 486 g/mol. The van der Waals surface area contributed by atoms with E-state index in [2.05, 4.69) is 12.2 Å². The molecule has 9 heteroatoms. The maximum Gasteiger partial charge on any atom is 0.242 e. The molecule has 0 aliphatic rings. The summed E-state index contributed by atoms with van der Waals surface area (Å²) in [7, 11) is -3.56. The molecule has 0 bridgehead atoms. The first-order valence-corrected chi connectivity index (χ1v) is 14.2. The molecule has 0 fully saturated rings. The van der Waals surface area contributed by atoms with Crippen molar-refractivity contribution >= 4 is 39.1 Å². The summed E-state index contributed by atoms with van der Waals surface area (Å²) in [6.07, 6.45) is 3.86. The Hall–Kier alpha value is -2.58. The van der Waals surface area contributed by atoms with Crippen molar-refractivity contribution in [1.82, 2.24) is 10.2 Å². The van der Waals surface area contributed by atoms with Crippen LogP contribution >= 0.6 is 11.6 Å². The SMILES string of the molecule is CCCCNC(=O)[C@@H](CC)N(Cc1ccccc1)C(=O)CCCN(c1cccc(Cl)c1)S(C)(=O)=O. The number of sulfonamides is 1. The highest BCUT2D eigenvalue weighted by Crippen LogP contribution is 2.23. The van der Waals surface area contributed by atoms with E-state index in [1.54, 1.807) is 29.2 Å². The Kier molecular flexibility index (Phi) is 11.5. The second-order valence-electron chi connectivity index (χ2n) is 8.49. The van der Waals surface area contributed by atoms with Crippen LogP contribution in [0.1, 0.15) is 51.5 Å². The van der Waals surface area contributed by atoms with Crippen molar-refractivity contribution < 1.29 is 18.0 Å². The zero-order chi connectivity index (χ0) is 25.8. The zero-order valence-corrected chi connectivity index (χ0v) is 22.3. The van der Waals surface area contributed by atoms with Gasteiger partial charge in [-0.05, 0) is 43.0 Å². The summed E-state index contributed by atoms with van der Waals surface area (Å²) < 4.78 is 26.0. The number of anilines is 1. The zero-order valence-electron chi connectivity index (χ0n) is 20.7. The standard InChI is InChI=1S/C26H36ClN3O4S/c1-4-6-17-28-26(32)24(5-2)29(20-21-12-8-7-9-13-21)25(31)16-11-18-30(35(3,33)34)23-15-10-14-22(27)19-23/h7-10,12-15,19,24H,4-6,11,16-18,20H2,1-3H3,(H,28,32)/t24-/m1/s1. The highest BCUT2D eigenvalue weighted by molar-refractivity contribution is 7.92. The molecule has 35 heavy (non-hydrogen) atoms. The van der Waals surface area contributed by atoms with E-state index in [-0.39, 0.29) is 24.8 Å². The third-order valence-corrected chi connectivity index (χ3v) is 7.09. The largest absolute Gasteiger partial charge is 0.354 e. The first-order valence-electron chi connectivity index (χ1n) is 12.0. The molecule has 0 aromatic heterocycles. The lowest BCUT2D eigenvalue weighted by Crippen LogP contribution is -2.49. The highest BCUT2D eigenvalue weighted by Gasteiger charge is 2.28. The number of halogens is 1. The lowest BCUT2D eigenvalue weighted by Gasteiger charge is -2.31. The Bertz CT molecular complexity index is 1060. The Labute approximate surface area is 214 Å². The number of rotatable bonds is 14. The summed E-state index contributed by atoms with van der Waals surface area (Å²) in [6.45, 7) is 4.95.